The average Bonchev–Trinajstić information content (AvgIpc) is 2.80. The van der Waals surface area contributed by atoms with Crippen molar-refractivity contribution in [3.05, 3.63) is 64.7 Å². The Bertz CT molecular complexity index is 1050. The topological polar surface area (TPSA) is 88.0 Å². The Balaban J connectivity index is 1.80. The largest absolute Gasteiger partial charge is 0.497 e. The fraction of sp³-hybridized carbons (Fsp3) is 0.423. The second-order valence-electron chi connectivity index (χ2n) is 8.89. The van der Waals surface area contributed by atoms with Crippen LogP contribution in [0.2, 0.25) is 0 Å². The molecule has 0 spiro atoms. The maximum atomic E-state index is 13.2. The van der Waals surface area contributed by atoms with Gasteiger partial charge in [-0.1, -0.05) is 18.2 Å². The predicted molar refractivity (Wildman–Crippen MR) is 134 cm³/mol. The standard InChI is InChI=1S/C26H32N2O4S/c1-26(2)15-19-8-9-21(32-3)13-22(19)23(28-26)14-24(30)17-6-5-7-18(12-17)25(31)27-20(16-29)10-11-33-4/h5-9,12-13,20,29H,10-11,14-16H2,1-4H3,(H,27,31)/t20-/m0/s1. The van der Waals surface area contributed by atoms with Crippen LogP contribution in [0.1, 0.15) is 58.5 Å². The zero-order valence-corrected chi connectivity index (χ0v) is 20.5. The molecule has 2 aromatic carbocycles. The molecule has 0 aliphatic carbocycles. The second-order valence-corrected chi connectivity index (χ2v) is 9.87. The van der Waals surface area contributed by atoms with Gasteiger partial charge in [0.2, 0.25) is 0 Å². The smallest absolute Gasteiger partial charge is 0.251 e. The summed E-state index contributed by atoms with van der Waals surface area (Å²) in [6, 6.07) is 12.3. The van der Waals surface area contributed by atoms with E-state index in [0.717, 1.165) is 34.8 Å². The molecule has 0 fully saturated rings. The first-order chi connectivity index (χ1) is 15.8. The molecule has 1 aliphatic rings. The van der Waals surface area contributed by atoms with Gasteiger partial charge in [-0.3, -0.25) is 14.6 Å². The first-order valence-corrected chi connectivity index (χ1v) is 12.5. The monoisotopic (exact) mass is 468 g/mol. The molecule has 1 heterocycles. The summed E-state index contributed by atoms with van der Waals surface area (Å²) in [5.74, 6) is 1.17. The number of thioether (sulfide) groups is 1. The number of aliphatic imine (C=N–C) groups is 1. The lowest BCUT2D eigenvalue weighted by molar-refractivity contribution is 0.0915. The summed E-state index contributed by atoms with van der Waals surface area (Å²) in [6.45, 7) is 4.00. The van der Waals surface area contributed by atoms with Crippen LogP contribution < -0.4 is 10.1 Å². The van der Waals surface area contributed by atoms with Crippen molar-refractivity contribution in [1.82, 2.24) is 5.32 Å². The minimum Gasteiger partial charge on any atom is -0.497 e. The molecular formula is C26H32N2O4S. The van der Waals surface area contributed by atoms with E-state index in [1.54, 1.807) is 43.1 Å². The van der Waals surface area contributed by atoms with Gasteiger partial charge in [0.15, 0.2) is 5.78 Å². The van der Waals surface area contributed by atoms with Crippen molar-refractivity contribution in [1.29, 1.82) is 0 Å². The number of Topliss-reactive ketones (excluding diaryl/α,β-unsaturated/α-hetero) is 1. The van der Waals surface area contributed by atoms with E-state index < -0.39 is 0 Å². The molecule has 7 heteroatoms. The third kappa shape index (κ3) is 6.45. The predicted octanol–water partition coefficient (Wildman–Crippen LogP) is 3.94. The number of carbonyl (C=O) groups is 2. The lowest BCUT2D eigenvalue weighted by Crippen LogP contribution is -2.38. The van der Waals surface area contributed by atoms with Gasteiger partial charge in [0.1, 0.15) is 5.75 Å². The molecule has 2 aromatic rings. The number of hydrogen-bond donors (Lipinski definition) is 2. The quantitative estimate of drug-likeness (QED) is 0.516. The van der Waals surface area contributed by atoms with Gasteiger partial charge < -0.3 is 15.2 Å². The number of aliphatic hydroxyl groups excluding tert-OH is 1. The van der Waals surface area contributed by atoms with Crippen molar-refractivity contribution in [3.63, 3.8) is 0 Å². The number of benzene rings is 2. The zero-order chi connectivity index (χ0) is 24.0. The lowest BCUT2D eigenvalue weighted by Gasteiger charge is -2.29. The molecule has 0 bridgehead atoms. The Kier molecular flexibility index (Phi) is 8.32. The van der Waals surface area contributed by atoms with Gasteiger partial charge in [-0.15, -0.1) is 0 Å². The molecule has 3 rings (SSSR count). The van der Waals surface area contributed by atoms with Crippen LogP contribution in [0, 0.1) is 0 Å². The van der Waals surface area contributed by atoms with Crippen LogP contribution in [0.15, 0.2) is 47.5 Å². The van der Waals surface area contributed by atoms with Gasteiger partial charge in [-0.05, 0) is 68.5 Å². The van der Waals surface area contributed by atoms with E-state index in [0.29, 0.717) is 17.5 Å². The Hall–Kier alpha value is -2.64. The fourth-order valence-corrected chi connectivity index (χ4v) is 4.52. The summed E-state index contributed by atoms with van der Waals surface area (Å²) in [6.07, 6.45) is 3.60. The normalized spacial score (nSPS) is 15.2. The molecule has 6 nitrogen and oxygen atoms in total. The summed E-state index contributed by atoms with van der Waals surface area (Å²) in [5, 5.41) is 12.4. The van der Waals surface area contributed by atoms with E-state index in [4.69, 9.17) is 9.73 Å². The van der Waals surface area contributed by atoms with Crippen molar-refractivity contribution >= 4 is 29.2 Å². The number of carbonyl (C=O) groups excluding carboxylic acids is 2. The number of rotatable bonds is 10. The van der Waals surface area contributed by atoms with Crippen LogP contribution in [0.4, 0.5) is 0 Å². The Morgan fingerprint density at radius 2 is 1.97 bits per heavy atom. The molecule has 176 valence electrons. The molecule has 33 heavy (non-hydrogen) atoms. The zero-order valence-electron chi connectivity index (χ0n) is 19.7. The third-order valence-electron chi connectivity index (χ3n) is 5.69. The van der Waals surface area contributed by atoms with Crippen LogP contribution in [0.5, 0.6) is 5.75 Å². The van der Waals surface area contributed by atoms with Gasteiger partial charge in [0.25, 0.3) is 5.91 Å². The van der Waals surface area contributed by atoms with Gasteiger partial charge >= 0.3 is 0 Å². The number of ether oxygens (including phenoxy) is 1. The molecule has 0 aromatic heterocycles. The van der Waals surface area contributed by atoms with E-state index in [1.165, 1.54) is 0 Å². The second kappa shape index (κ2) is 11.0. The van der Waals surface area contributed by atoms with Crippen molar-refractivity contribution < 1.29 is 19.4 Å². The van der Waals surface area contributed by atoms with Crippen LogP contribution in [-0.2, 0) is 6.42 Å². The molecule has 0 unspecified atom stereocenters. The summed E-state index contributed by atoms with van der Waals surface area (Å²) < 4.78 is 5.37. The molecule has 0 saturated carbocycles. The van der Waals surface area contributed by atoms with Crippen LogP contribution in [0.25, 0.3) is 0 Å². The molecule has 1 amide bonds. The van der Waals surface area contributed by atoms with E-state index in [1.807, 2.05) is 24.5 Å². The lowest BCUT2D eigenvalue weighted by atomic mass is 9.85. The number of aliphatic hydroxyl groups is 1. The van der Waals surface area contributed by atoms with E-state index in [-0.39, 0.29) is 36.3 Å². The van der Waals surface area contributed by atoms with Crippen molar-refractivity contribution in [2.45, 2.75) is 44.7 Å². The number of methoxy groups -OCH3 is 1. The Morgan fingerprint density at radius 3 is 2.67 bits per heavy atom. The van der Waals surface area contributed by atoms with Gasteiger partial charge in [-0.25, -0.2) is 0 Å². The molecule has 1 aliphatic heterocycles. The number of amides is 1. The van der Waals surface area contributed by atoms with Crippen LogP contribution >= 0.6 is 11.8 Å². The number of nitrogens with one attached hydrogen (secondary N) is 1. The highest BCUT2D eigenvalue weighted by Gasteiger charge is 2.28. The number of nitrogens with zero attached hydrogens (tertiary/aromatic N) is 1. The highest BCUT2D eigenvalue weighted by molar-refractivity contribution is 7.98. The number of ketones is 1. The van der Waals surface area contributed by atoms with Gasteiger partial charge in [0, 0.05) is 16.7 Å². The van der Waals surface area contributed by atoms with Gasteiger partial charge in [-0.2, -0.15) is 11.8 Å². The molecule has 0 saturated heterocycles. The highest BCUT2D eigenvalue weighted by Crippen LogP contribution is 2.31. The van der Waals surface area contributed by atoms with Crippen LogP contribution in [-0.4, -0.2) is 59.8 Å². The van der Waals surface area contributed by atoms with Crippen molar-refractivity contribution in [2.75, 3.05) is 25.7 Å². The summed E-state index contributed by atoms with van der Waals surface area (Å²) in [5.41, 5.74) is 3.38. The minimum absolute atomic E-state index is 0.101. The van der Waals surface area contributed by atoms with E-state index >= 15 is 0 Å². The van der Waals surface area contributed by atoms with Crippen molar-refractivity contribution in [3.8, 4) is 5.75 Å². The highest BCUT2D eigenvalue weighted by atomic mass is 32.2. The summed E-state index contributed by atoms with van der Waals surface area (Å²) in [4.78, 5) is 30.7. The number of fused-ring (bicyclic) bond motifs is 1. The first-order valence-electron chi connectivity index (χ1n) is 11.1. The van der Waals surface area contributed by atoms with Crippen LogP contribution in [0.3, 0.4) is 0 Å². The van der Waals surface area contributed by atoms with E-state index in [2.05, 4.69) is 19.2 Å². The Labute approximate surface area is 199 Å². The maximum Gasteiger partial charge on any atom is 0.251 e. The average molecular weight is 469 g/mol. The molecule has 1 atom stereocenters. The summed E-state index contributed by atoms with van der Waals surface area (Å²) in [7, 11) is 1.62. The minimum atomic E-state index is -0.311. The number of hydrogen-bond acceptors (Lipinski definition) is 6. The fourth-order valence-electron chi connectivity index (χ4n) is 4.00. The molecule has 2 N–H and O–H groups in total. The third-order valence-corrected chi connectivity index (χ3v) is 6.33. The molecular weight excluding hydrogens is 436 g/mol. The maximum absolute atomic E-state index is 13.2. The Morgan fingerprint density at radius 1 is 1.21 bits per heavy atom. The molecule has 0 radical (unpaired) electrons. The van der Waals surface area contributed by atoms with Gasteiger partial charge in [0.05, 0.1) is 37.4 Å². The summed E-state index contributed by atoms with van der Waals surface area (Å²) >= 11 is 1.66. The first kappa shape index (κ1) is 25.0. The SMILES string of the molecule is COc1ccc2c(c1)C(CC(=O)c1cccc(C(=O)N[C@H](CO)CCSC)c1)=NC(C)(C)C2. The van der Waals surface area contributed by atoms with E-state index in [9.17, 15) is 14.7 Å². The van der Waals surface area contributed by atoms with Crippen molar-refractivity contribution in [2.24, 2.45) is 4.99 Å².